The number of unbranched alkanes of at least 4 members (excludes halogenated alkanes) is 8. The van der Waals surface area contributed by atoms with E-state index in [9.17, 15) is 13.5 Å². The number of hydrogen-bond acceptors (Lipinski definition) is 6. The number of hydrogen-bond donors (Lipinski definition) is 1. The van der Waals surface area contributed by atoms with Crippen LogP contribution in [0, 0.1) is 0 Å². The van der Waals surface area contributed by atoms with E-state index in [2.05, 4.69) is 29.6 Å². The first-order valence-corrected chi connectivity index (χ1v) is 11.9. The van der Waals surface area contributed by atoms with Crippen molar-refractivity contribution < 1.29 is 32.0 Å². The van der Waals surface area contributed by atoms with Gasteiger partial charge in [0.1, 0.15) is 12.3 Å². The van der Waals surface area contributed by atoms with Crippen molar-refractivity contribution in [3.63, 3.8) is 0 Å². The molecule has 0 bridgehead atoms. The first kappa shape index (κ1) is 27.8. The molecule has 0 unspecified atom stereocenters. The minimum atomic E-state index is -3.97. The Hall–Kier alpha value is -1.16. The number of rotatable bonds is 14. The smallest absolute Gasteiger partial charge is 0.427 e. The first-order chi connectivity index (χ1) is 13.6. The average molecular weight is 437 g/mol. The summed E-state index contributed by atoms with van der Waals surface area (Å²) in [5.74, 6) is -0.760. The fourth-order valence-electron chi connectivity index (χ4n) is 2.68. The van der Waals surface area contributed by atoms with E-state index in [-0.39, 0.29) is 12.4 Å². The topological polar surface area (TPSA) is 108 Å². The molecule has 29 heavy (non-hydrogen) atoms. The second-order valence-corrected chi connectivity index (χ2v) is 9.15. The standard InChI is InChI=1S/C16H36NO2.C4H5NO4S/c1-4-5-6-7-8-9-10-11-12-15-19-16-17(2,3)13-14-18;1-3-2-4(6)5-10(7,8)9-3/h18H,4-16H2,1-3H3;2H,1H3,(H,5,6)/q+1;/p-1. The zero-order valence-electron chi connectivity index (χ0n) is 18.6. The summed E-state index contributed by atoms with van der Waals surface area (Å²) in [5.41, 5.74) is 0. The van der Waals surface area contributed by atoms with E-state index >= 15 is 0 Å². The number of aliphatic hydroxyl groups excluding tert-OH is 1. The van der Waals surface area contributed by atoms with Gasteiger partial charge < -0.3 is 23.6 Å². The molecule has 9 heteroatoms. The van der Waals surface area contributed by atoms with Crippen LogP contribution in [0.1, 0.15) is 71.6 Å². The molecule has 0 aliphatic carbocycles. The van der Waals surface area contributed by atoms with Crippen LogP contribution in [0.4, 0.5) is 0 Å². The minimum Gasteiger partial charge on any atom is -0.858 e. The summed E-state index contributed by atoms with van der Waals surface area (Å²) in [5, 5.41) is 19.3. The molecular weight excluding hydrogens is 396 g/mol. The first-order valence-electron chi connectivity index (χ1n) is 10.5. The molecule has 0 fully saturated rings. The zero-order valence-corrected chi connectivity index (χ0v) is 19.4. The van der Waals surface area contributed by atoms with Gasteiger partial charge >= 0.3 is 10.3 Å². The van der Waals surface area contributed by atoms with Crippen molar-refractivity contribution >= 4 is 16.2 Å². The highest BCUT2D eigenvalue weighted by atomic mass is 32.2. The number of aliphatic hydroxyl groups is 1. The van der Waals surface area contributed by atoms with Crippen molar-refractivity contribution in [2.75, 3.05) is 40.6 Å². The second-order valence-electron chi connectivity index (χ2n) is 7.94. The van der Waals surface area contributed by atoms with Gasteiger partial charge in [-0.05, 0) is 19.4 Å². The van der Waals surface area contributed by atoms with Gasteiger partial charge in [-0.2, -0.15) is 8.42 Å². The maximum absolute atomic E-state index is 10.4. The third-order valence-electron chi connectivity index (χ3n) is 4.30. The van der Waals surface area contributed by atoms with Gasteiger partial charge in [0.05, 0.1) is 27.3 Å². The molecule has 1 aliphatic heterocycles. The van der Waals surface area contributed by atoms with Gasteiger partial charge in [0, 0.05) is 5.90 Å². The van der Waals surface area contributed by atoms with Gasteiger partial charge in [-0.25, -0.2) is 0 Å². The minimum absolute atomic E-state index is 0.0417. The third kappa shape index (κ3) is 17.4. The molecule has 8 nitrogen and oxygen atoms in total. The van der Waals surface area contributed by atoms with Gasteiger partial charge in [0.2, 0.25) is 0 Å². The number of nitrogens with zero attached hydrogens (tertiary/aromatic N) is 2. The van der Waals surface area contributed by atoms with Crippen LogP contribution in [-0.4, -0.2) is 64.5 Å². The van der Waals surface area contributed by atoms with E-state index in [1.807, 2.05) is 0 Å². The summed E-state index contributed by atoms with van der Waals surface area (Å²) in [4.78, 5) is 0. The lowest BCUT2D eigenvalue weighted by molar-refractivity contribution is -0.910. The Morgan fingerprint density at radius 1 is 1.10 bits per heavy atom. The number of likely N-dealkylation sites (N-methyl/N-ethyl adjacent to an activating group) is 1. The maximum Gasteiger partial charge on any atom is 0.427 e. The van der Waals surface area contributed by atoms with Crippen LogP contribution < -0.4 is 5.11 Å². The van der Waals surface area contributed by atoms with Crippen LogP contribution in [0.3, 0.4) is 0 Å². The summed E-state index contributed by atoms with van der Waals surface area (Å²) in [6.07, 6.45) is 13.2. The summed E-state index contributed by atoms with van der Waals surface area (Å²) < 4.78 is 34.1. The normalized spacial score (nSPS) is 15.6. The molecule has 0 saturated carbocycles. The molecule has 0 radical (unpaired) electrons. The lowest BCUT2D eigenvalue weighted by Gasteiger charge is -2.28. The van der Waals surface area contributed by atoms with Crippen LogP contribution in [-0.2, 0) is 19.2 Å². The number of allylic oxidation sites excluding steroid dienone is 1. The van der Waals surface area contributed by atoms with Crippen molar-refractivity contribution in [2.24, 2.45) is 4.40 Å². The molecule has 0 aromatic carbocycles. The fraction of sp³-hybridized carbons (Fsp3) is 0.850. The zero-order chi connectivity index (χ0) is 22.2. The SMILES string of the molecule is CC1=CC([O-])=NS(=O)(=O)O1.CCCCCCCCCCCOC[N+](C)(C)CCO. The maximum atomic E-state index is 10.4. The molecule has 1 N–H and O–H groups in total. The number of ether oxygens (including phenoxy) is 1. The third-order valence-corrected chi connectivity index (χ3v) is 5.18. The molecule has 0 spiro atoms. The molecule has 1 rings (SSSR count). The summed E-state index contributed by atoms with van der Waals surface area (Å²) >= 11 is 0. The Bertz CT molecular complexity index is 588. The van der Waals surface area contributed by atoms with Crippen molar-refractivity contribution in [1.82, 2.24) is 0 Å². The Balaban J connectivity index is 0.000000651. The van der Waals surface area contributed by atoms with Crippen LogP contribution in [0.15, 0.2) is 16.2 Å². The quantitative estimate of drug-likeness (QED) is 0.255. The van der Waals surface area contributed by atoms with Crippen molar-refractivity contribution in [2.45, 2.75) is 71.6 Å². The highest BCUT2D eigenvalue weighted by Gasteiger charge is 2.13. The van der Waals surface area contributed by atoms with E-state index in [0.29, 0.717) is 6.73 Å². The molecule has 0 aromatic heterocycles. The Morgan fingerprint density at radius 2 is 1.66 bits per heavy atom. The molecule has 0 amide bonds. The summed E-state index contributed by atoms with van der Waals surface area (Å²) in [7, 11) is 0.206. The summed E-state index contributed by atoms with van der Waals surface area (Å²) in [6.45, 7) is 6.19. The van der Waals surface area contributed by atoms with Gasteiger partial charge in [0.15, 0.2) is 6.73 Å². The van der Waals surface area contributed by atoms with Crippen molar-refractivity contribution in [1.29, 1.82) is 0 Å². The fourth-order valence-corrected chi connectivity index (χ4v) is 3.37. The highest BCUT2D eigenvalue weighted by Crippen LogP contribution is 2.10. The predicted octanol–water partition coefficient (Wildman–Crippen LogP) is 2.48. The molecule has 172 valence electrons. The molecular formula is C20H40N2O6S. The van der Waals surface area contributed by atoms with Crippen LogP contribution in [0.2, 0.25) is 0 Å². The largest absolute Gasteiger partial charge is 0.858 e. The summed E-state index contributed by atoms with van der Waals surface area (Å²) in [6, 6.07) is 0. The number of quaternary nitrogens is 1. The van der Waals surface area contributed by atoms with E-state index in [4.69, 9.17) is 9.84 Å². The second kappa shape index (κ2) is 15.6. The van der Waals surface area contributed by atoms with Gasteiger partial charge in [0.25, 0.3) is 0 Å². The van der Waals surface area contributed by atoms with E-state index in [1.165, 1.54) is 64.7 Å². The van der Waals surface area contributed by atoms with Crippen LogP contribution in [0.5, 0.6) is 0 Å². The van der Waals surface area contributed by atoms with Gasteiger partial charge in [-0.15, -0.1) is 4.40 Å². The van der Waals surface area contributed by atoms with E-state index in [1.54, 1.807) is 0 Å². The monoisotopic (exact) mass is 436 g/mol. The lowest BCUT2D eigenvalue weighted by Crippen LogP contribution is -2.43. The van der Waals surface area contributed by atoms with Gasteiger partial charge in [-0.3, -0.25) is 0 Å². The average Bonchev–Trinajstić information content (AvgIpc) is 2.58. The molecule has 0 saturated heterocycles. The van der Waals surface area contributed by atoms with Crippen molar-refractivity contribution in [3.05, 3.63) is 11.8 Å². The van der Waals surface area contributed by atoms with Crippen LogP contribution in [0.25, 0.3) is 0 Å². The molecule has 1 aliphatic rings. The van der Waals surface area contributed by atoms with Crippen molar-refractivity contribution in [3.8, 4) is 0 Å². The Morgan fingerprint density at radius 3 is 2.14 bits per heavy atom. The molecule has 0 aromatic rings. The van der Waals surface area contributed by atoms with E-state index < -0.39 is 16.2 Å². The van der Waals surface area contributed by atoms with Crippen LogP contribution >= 0.6 is 0 Å². The van der Waals surface area contributed by atoms with Gasteiger partial charge in [-0.1, -0.05) is 58.3 Å². The molecule has 0 atom stereocenters. The molecule has 1 heterocycles. The Kier molecular flexibility index (Phi) is 15.0. The highest BCUT2D eigenvalue weighted by molar-refractivity contribution is 7.85. The van der Waals surface area contributed by atoms with E-state index in [0.717, 1.165) is 23.7 Å². The predicted molar refractivity (Wildman–Crippen MR) is 113 cm³/mol. The lowest BCUT2D eigenvalue weighted by atomic mass is 10.1. The Labute approximate surface area is 177 Å².